The topological polar surface area (TPSA) is 53.1 Å². The van der Waals surface area contributed by atoms with Crippen molar-refractivity contribution in [3.8, 4) is 0 Å². The van der Waals surface area contributed by atoms with Gasteiger partial charge in [0, 0.05) is 45.2 Å². The molecule has 2 aliphatic heterocycles. The number of carbonyl (C=O) groups excluding carboxylic acids is 2. The van der Waals surface area contributed by atoms with Crippen LogP contribution < -0.4 is 0 Å². The number of hydrogen-bond donors (Lipinski definition) is 0. The van der Waals surface area contributed by atoms with Gasteiger partial charge in [0.15, 0.2) is 0 Å². The Bertz CT molecular complexity index is 456. The van der Waals surface area contributed by atoms with Crippen molar-refractivity contribution in [1.82, 2.24) is 14.7 Å². The number of rotatable bonds is 3. The predicted molar refractivity (Wildman–Crippen MR) is 91.6 cm³/mol. The monoisotopic (exact) mass is 337 g/mol. The van der Waals surface area contributed by atoms with Crippen LogP contribution in [0.4, 0.5) is 0 Å². The summed E-state index contributed by atoms with van der Waals surface area (Å²) in [5.74, 6) is 0.801. The van der Waals surface area contributed by atoms with Gasteiger partial charge in [0.2, 0.25) is 11.8 Å². The zero-order valence-corrected chi connectivity index (χ0v) is 15.1. The first-order valence-corrected chi connectivity index (χ1v) is 9.47. The van der Waals surface area contributed by atoms with E-state index in [1.54, 1.807) is 0 Å². The van der Waals surface area contributed by atoms with E-state index < -0.39 is 0 Å². The van der Waals surface area contributed by atoms with Gasteiger partial charge in [-0.15, -0.1) is 0 Å². The number of carbonyl (C=O) groups is 2. The minimum atomic E-state index is 0.109. The quantitative estimate of drug-likeness (QED) is 0.770. The van der Waals surface area contributed by atoms with Crippen LogP contribution in [-0.2, 0) is 14.3 Å². The molecular weight excluding hydrogens is 306 g/mol. The lowest BCUT2D eigenvalue weighted by Crippen LogP contribution is -2.51. The third kappa shape index (κ3) is 4.28. The molecule has 3 aliphatic rings. The Kier molecular flexibility index (Phi) is 5.76. The highest BCUT2D eigenvalue weighted by Gasteiger charge is 2.31. The predicted octanol–water partition coefficient (Wildman–Crippen LogP) is 0.957. The Morgan fingerprint density at radius 2 is 1.62 bits per heavy atom. The zero-order valence-electron chi connectivity index (χ0n) is 15.1. The summed E-state index contributed by atoms with van der Waals surface area (Å²) in [5.41, 5.74) is 0. The van der Waals surface area contributed by atoms with Gasteiger partial charge in [0.1, 0.15) is 0 Å². The first-order chi connectivity index (χ1) is 11.5. The number of ether oxygens (including phenoxy) is 1. The standard InChI is InChI=1S/C18H31N3O3/c1-14-11-21(12-15(2)24-14)17(22)13-19-7-4-8-20(10-9-19)18(23)16-5-3-6-16/h14-16H,3-13H2,1-2H3/t14-,15+. The van der Waals surface area contributed by atoms with Gasteiger partial charge in [-0.05, 0) is 33.1 Å². The van der Waals surface area contributed by atoms with Crippen LogP contribution in [0, 0.1) is 5.92 Å². The third-order valence-corrected chi connectivity index (χ3v) is 5.49. The molecule has 0 aromatic heterocycles. The van der Waals surface area contributed by atoms with Crippen molar-refractivity contribution in [2.75, 3.05) is 45.8 Å². The molecule has 3 rings (SSSR count). The maximum absolute atomic E-state index is 12.6. The van der Waals surface area contributed by atoms with Gasteiger partial charge in [0.05, 0.1) is 18.8 Å². The number of morpholine rings is 1. The van der Waals surface area contributed by atoms with E-state index in [9.17, 15) is 9.59 Å². The van der Waals surface area contributed by atoms with Gasteiger partial charge in [-0.3, -0.25) is 14.5 Å². The summed E-state index contributed by atoms with van der Waals surface area (Å²) in [6, 6.07) is 0. The van der Waals surface area contributed by atoms with Crippen LogP contribution in [-0.4, -0.2) is 84.5 Å². The highest BCUT2D eigenvalue weighted by atomic mass is 16.5. The van der Waals surface area contributed by atoms with Crippen LogP contribution in [0.2, 0.25) is 0 Å². The summed E-state index contributed by atoms with van der Waals surface area (Å²) in [6.45, 7) is 9.18. The van der Waals surface area contributed by atoms with Gasteiger partial charge >= 0.3 is 0 Å². The highest BCUT2D eigenvalue weighted by molar-refractivity contribution is 5.80. The summed E-state index contributed by atoms with van der Waals surface area (Å²) in [4.78, 5) is 31.2. The molecule has 0 unspecified atom stereocenters. The van der Waals surface area contributed by atoms with E-state index in [1.807, 2.05) is 23.6 Å². The Balaban J connectivity index is 1.47. The van der Waals surface area contributed by atoms with Crippen LogP contribution >= 0.6 is 0 Å². The lowest BCUT2D eigenvalue weighted by atomic mass is 9.84. The Labute approximate surface area is 145 Å². The van der Waals surface area contributed by atoms with Gasteiger partial charge in [-0.25, -0.2) is 0 Å². The van der Waals surface area contributed by atoms with Crippen molar-refractivity contribution in [2.24, 2.45) is 5.92 Å². The second-order valence-corrected chi connectivity index (χ2v) is 7.64. The highest BCUT2D eigenvalue weighted by Crippen LogP contribution is 2.28. The number of nitrogens with zero attached hydrogens (tertiary/aromatic N) is 3. The average Bonchev–Trinajstić information content (AvgIpc) is 2.70. The summed E-state index contributed by atoms with van der Waals surface area (Å²) < 4.78 is 5.70. The largest absolute Gasteiger partial charge is 0.372 e. The van der Waals surface area contributed by atoms with E-state index in [4.69, 9.17) is 4.74 Å². The van der Waals surface area contributed by atoms with Gasteiger partial charge < -0.3 is 14.5 Å². The second kappa shape index (κ2) is 7.83. The van der Waals surface area contributed by atoms with Crippen LogP contribution in [0.15, 0.2) is 0 Å². The van der Waals surface area contributed by atoms with Gasteiger partial charge in [-0.1, -0.05) is 6.42 Å². The number of hydrogen-bond acceptors (Lipinski definition) is 4. The normalized spacial score (nSPS) is 29.9. The van der Waals surface area contributed by atoms with Gasteiger partial charge in [0.25, 0.3) is 0 Å². The van der Waals surface area contributed by atoms with E-state index in [0.29, 0.717) is 25.5 Å². The van der Waals surface area contributed by atoms with Crippen molar-refractivity contribution >= 4 is 11.8 Å². The molecule has 1 saturated carbocycles. The zero-order chi connectivity index (χ0) is 17.1. The maximum Gasteiger partial charge on any atom is 0.236 e. The van der Waals surface area contributed by atoms with Gasteiger partial charge in [-0.2, -0.15) is 0 Å². The Morgan fingerprint density at radius 3 is 2.25 bits per heavy atom. The summed E-state index contributed by atoms with van der Waals surface area (Å²) in [5, 5.41) is 0. The summed E-state index contributed by atoms with van der Waals surface area (Å²) in [7, 11) is 0. The molecule has 2 atom stereocenters. The van der Waals surface area contributed by atoms with Crippen molar-refractivity contribution < 1.29 is 14.3 Å². The molecule has 0 aromatic carbocycles. The van der Waals surface area contributed by atoms with Crippen molar-refractivity contribution in [2.45, 2.75) is 51.7 Å². The Morgan fingerprint density at radius 1 is 0.917 bits per heavy atom. The van der Waals surface area contributed by atoms with Crippen LogP contribution in [0.5, 0.6) is 0 Å². The average molecular weight is 337 g/mol. The molecule has 0 bridgehead atoms. The first-order valence-electron chi connectivity index (χ1n) is 9.47. The fourth-order valence-corrected chi connectivity index (χ4v) is 3.94. The fourth-order valence-electron chi connectivity index (χ4n) is 3.94. The first kappa shape index (κ1) is 17.7. The molecular formula is C18H31N3O3. The van der Waals surface area contributed by atoms with Crippen molar-refractivity contribution in [3.05, 3.63) is 0 Å². The molecule has 0 aromatic rings. The van der Waals surface area contributed by atoms with E-state index >= 15 is 0 Å². The summed E-state index contributed by atoms with van der Waals surface area (Å²) in [6.07, 6.45) is 4.49. The van der Waals surface area contributed by atoms with Crippen LogP contribution in [0.1, 0.15) is 39.5 Å². The van der Waals surface area contributed by atoms with Crippen molar-refractivity contribution in [1.29, 1.82) is 0 Å². The molecule has 0 N–H and O–H groups in total. The van der Waals surface area contributed by atoms with E-state index in [-0.39, 0.29) is 24.0 Å². The van der Waals surface area contributed by atoms with Crippen LogP contribution in [0.25, 0.3) is 0 Å². The lowest BCUT2D eigenvalue weighted by molar-refractivity contribution is -0.144. The van der Waals surface area contributed by atoms with E-state index in [2.05, 4.69) is 4.90 Å². The summed E-state index contributed by atoms with van der Waals surface area (Å²) >= 11 is 0. The molecule has 3 fully saturated rings. The molecule has 0 spiro atoms. The molecule has 2 heterocycles. The molecule has 0 radical (unpaired) electrons. The van der Waals surface area contributed by atoms with E-state index in [0.717, 1.165) is 45.4 Å². The SMILES string of the molecule is C[C@@H]1CN(C(=O)CN2CCCN(C(=O)C3CCC3)CC2)C[C@H](C)O1. The minimum absolute atomic E-state index is 0.109. The molecule has 136 valence electrons. The molecule has 2 amide bonds. The number of amides is 2. The fraction of sp³-hybridized carbons (Fsp3) is 0.889. The minimum Gasteiger partial charge on any atom is -0.372 e. The maximum atomic E-state index is 12.6. The second-order valence-electron chi connectivity index (χ2n) is 7.64. The van der Waals surface area contributed by atoms with Crippen LogP contribution in [0.3, 0.4) is 0 Å². The Hall–Kier alpha value is -1.14. The molecule has 6 heteroatoms. The molecule has 1 aliphatic carbocycles. The molecule has 24 heavy (non-hydrogen) atoms. The van der Waals surface area contributed by atoms with E-state index in [1.165, 1.54) is 6.42 Å². The molecule has 2 saturated heterocycles. The van der Waals surface area contributed by atoms with Crippen molar-refractivity contribution in [3.63, 3.8) is 0 Å². The lowest BCUT2D eigenvalue weighted by Gasteiger charge is -2.36. The molecule has 6 nitrogen and oxygen atoms in total. The third-order valence-electron chi connectivity index (χ3n) is 5.49. The smallest absolute Gasteiger partial charge is 0.236 e.